The molecule has 1 atom stereocenters. The average molecular weight is 451 g/mol. The number of carbonyl (C=O) groups is 2. The van der Waals surface area contributed by atoms with Crippen LogP contribution in [0.3, 0.4) is 0 Å². The molecule has 1 fully saturated rings. The number of ether oxygens (including phenoxy) is 1. The van der Waals surface area contributed by atoms with Crippen molar-refractivity contribution in [3.63, 3.8) is 0 Å². The van der Waals surface area contributed by atoms with Crippen LogP contribution in [0.4, 0.5) is 5.69 Å². The molecule has 1 amide bonds. The highest BCUT2D eigenvalue weighted by Gasteiger charge is 2.33. The lowest BCUT2D eigenvalue weighted by atomic mass is 9.98. The quantitative estimate of drug-likeness (QED) is 0.704. The SMILES string of the molecule is COC(=O)c1ccc(Cl)c(NC(=O)C2CCCN(S(=O)(=O)c3ccc(C)cc3)C2)c1. The van der Waals surface area contributed by atoms with E-state index in [2.05, 4.69) is 10.1 Å². The predicted octanol–water partition coefficient (Wildman–Crippen LogP) is 3.47. The van der Waals surface area contributed by atoms with Crippen molar-refractivity contribution in [3.8, 4) is 0 Å². The number of esters is 1. The Bertz CT molecular complexity index is 1050. The third-order valence-electron chi connectivity index (χ3n) is 5.06. The maximum absolute atomic E-state index is 13.0. The summed E-state index contributed by atoms with van der Waals surface area (Å²) in [6.45, 7) is 2.33. The van der Waals surface area contributed by atoms with Crippen LogP contribution in [-0.2, 0) is 19.6 Å². The fraction of sp³-hybridized carbons (Fsp3) is 0.333. The Morgan fingerprint density at radius 3 is 2.53 bits per heavy atom. The first-order valence-corrected chi connectivity index (χ1v) is 11.3. The van der Waals surface area contributed by atoms with Gasteiger partial charge in [-0.05, 0) is 50.1 Å². The molecule has 2 aromatic rings. The highest BCUT2D eigenvalue weighted by molar-refractivity contribution is 7.89. The Morgan fingerprint density at radius 1 is 1.17 bits per heavy atom. The van der Waals surface area contributed by atoms with Crippen LogP contribution < -0.4 is 5.32 Å². The molecular formula is C21H23ClN2O5S. The highest BCUT2D eigenvalue weighted by Crippen LogP contribution is 2.27. The topological polar surface area (TPSA) is 92.8 Å². The van der Waals surface area contributed by atoms with E-state index in [9.17, 15) is 18.0 Å². The maximum atomic E-state index is 13.0. The van der Waals surface area contributed by atoms with Gasteiger partial charge in [-0.3, -0.25) is 4.79 Å². The Kier molecular flexibility index (Phi) is 6.80. The first kappa shape index (κ1) is 22.3. The zero-order valence-corrected chi connectivity index (χ0v) is 18.3. The van der Waals surface area contributed by atoms with E-state index in [1.165, 1.54) is 29.6 Å². The number of piperidine rings is 1. The third kappa shape index (κ3) is 4.83. The molecule has 1 heterocycles. The van der Waals surface area contributed by atoms with Crippen LogP contribution in [0.5, 0.6) is 0 Å². The van der Waals surface area contributed by atoms with Crippen molar-refractivity contribution >= 4 is 39.2 Å². The molecule has 1 N–H and O–H groups in total. The molecule has 0 saturated carbocycles. The minimum Gasteiger partial charge on any atom is -0.465 e. The van der Waals surface area contributed by atoms with E-state index in [4.69, 9.17) is 11.6 Å². The van der Waals surface area contributed by atoms with Gasteiger partial charge in [0.15, 0.2) is 0 Å². The molecule has 1 saturated heterocycles. The van der Waals surface area contributed by atoms with Gasteiger partial charge in [0.25, 0.3) is 0 Å². The molecule has 2 aromatic carbocycles. The van der Waals surface area contributed by atoms with Crippen LogP contribution in [0, 0.1) is 12.8 Å². The zero-order valence-electron chi connectivity index (χ0n) is 16.7. The predicted molar refractivity (Wildman–Crippen MR) is 114 cm³/mol. The minimum absolute atomic E-state index is 0.0797. The number of hydrogen-bond acceptors (Lipinski definition) is 5. The lowest BCUT2D eigenvalue weighted by molar-refractivity contribution is -0.120. The monoisotopic (exact) mass is 450 g/mol. The second-order valence-corrected chi connectivity index (χ2v) is 9.54. The standard InChI is InChI=1S/C21H23ClN2O5S/c1-14-5-8-17(9-6-14)30(27,28)24-11-3-4-16(13-24)20(25)23-19-12-15(21(26)29-2)7-10-18(19)22/h5-10,12,16H,3-4,11,13H2,1-2H3,(H,23,25). The Balaban J connectivity index is 1.75. The van der Waals surface area contributed by atoms with E-state index in [1.54, 1.807) is 24.3 Å². The summed E-state index contributed by atoms with van der Waals surface area (Å²) in [6.07, 6.45) is 1.12. The molecule has 9 heteroatoms. The van der Waals surface area contributed by atoms with Gasteiger partial charge in [-0.25, -0.2) is 13.2 Å². The summed E-state index contributed by atoms with van der Waals surface area (Å²) in [7, 11) is -2.42. The van der Waals surface area contributed by atoms with Crippen LogP contribution >= 0.6 is 11.6 Å². The van der Waals surface area contributed by atoms with Gasteiger partial charge in [-0.1, -0.05) is 29.3 Å². The molecule has 0 radical (unpaired) electrons. The second kappa shape index (κ2) is 9.16. The third-order valence-corrected chi connectivity index (χ3v) is 7.27. The minimum atomic E-state index is -3.68. The number of methoxy groups -OCH3 is 1. The van der Waals surface area contributed by atoms with Crippen molar-refractivity contribution in [1.82, 2.24) is 4.31 Å². The number of aryl methyl sites for hydroxylation is 1. The fourth-order valence-corrected chi connectivity index (χ4v) is 5.02. The molecule has 0 aromatic heterocycles. The van der Waals surface area contributed by atoms with Crippen LogP contribution in [0.1, 0.15) is 28.8 Å². The van der Waals surface area contributed by atoms with Crippen molar-refractivity contribution in [2.75, 3.05) is 25.5 Å². The van der Waals surface area contributed by atoms with Crippen molar-refractivity contribution in [2.45, 2.75) is 24.7 Å². The van der Waals surface area contributed by atoms with Gasteiger partial charge in [-0.2, -0.15) is 4.31 Å². The second-order valence-electron chi connectivity index (χ2n) is 7.19. The average Bonchev–Trinajstić information content (AvgIpc) is 2.75. The van der Waals surface area contributed by atoms with Gasteiger partial charge in [-0.15, -0.1) is 0 Å². The molecule has 1 aliphatic rings. The number of amides is 1. The van der Waals surface area contributed by atoms with Crippen LogP contribution in [0.15, 0.2) is 47.4 Å². The van der Waals surface area contributed by atoms with Crippen LogP contribution in [-0.4, -0.2) is 44.8 Å². The van der Waals surface area contributed by atoms with E-state index in [1.807, 2.05) is 6.92 Å². The number of rotatable bonds is 5. The van der Waals surface area contributed by atoms with Crippen LogP contribution in [0.25, 0.3) is 0 Å². The van der Waals surface area contributed by atoms with Gasteiger partial charge >= 0.3 is 5.97 Å². The van der Waals surface area contributed by atoms with Crippen LogP contribution in [0.2, 0.25) is 5.02 Å². The molecule has 1 aliphatic heterocycles. The number of halogens is 1. The number of sulfonamides is 1. The molecule has 0 aliphatic carbocycles. The lowest BCUT2D eigenvalue weighted by Crippen LogP contribution is -2.43. The number of anilines is 1. The first-order valence-electron chi connectivity index (χ1n) is 9.48. The van der Waals surface area contributed by atoms with Gasteiger partial charge in [0.05, 0.1) is 34.2 Å². The van der Waals surface area contributed by atoms with E-state index in [-0.39, 0.29) is 33.6 Å². The summed E-state index contributed by atoms with van der Waals surface area (Å²) in [6, 6.07) is 11.1. The van der Waals surface area contributed by atoms with Crippen molar-refractivity contribution in [1.29, 1.82) is 0 Å². The van der Waals surface area contributed by atoms with E-state index in [0.717, 1.165) is 5.56 Å². The largest absolute Gasteiger partial charge is 0.465 e. The molecule has 30 heavy (non-hydrogen) atoms. The van der Waals surface area contributed by atoms with E-state index < -0.39 is 21.9 Å². The summed E-state index contributed by atoms with van der Waals surface area (Å²) >= 11 is 6.15. The molecule has 0 spiro atoms. The van der Waals surface area contributed by atoms with Gasteiger partial charge < -0.3 is 10.1 Å². The van der Waals surface area contributed by atoms with E-state index in [0.29, 0.717) is 19.4 Å². The summed E-state index contributed by atoms with van der Waals surface area (Å²) in [5, 5.41) is 2.99. The normalized spacial score (nSPS) is 17.4. The van der Waals surface area contributed by atoms with Gasteiger partial charge in [0.2, 0.25) is 15.9 Å². The smallest absolute Gasteiger partial charge is 0.337 e. The molecule has 3 rings (SSSR count). The van der Waals surface area contributed by atoms with E-state index >= 15 is 0 Å². The molecule has 7 nitrogen and oxygen atoms in total. The van der Waals surface area contributed by atoms with Crippen molar-refractivity contribution in [3.05, 3.63) is 58.6 Å². The first-order chi connectivity index (χ1) is 14.2. The summed E-state index contributed by atoms with van der Waals surface area (Å²) < 4.78 is 31.9. The number of nitrogens with zero attached hydrogens (tertiary/aromatic N) is 1. The Labute approximate surface area is 181 Å². The summed E-state index contributed by atoms with van der Waals surface area (Å²) in [4.78, 5) is 24.7. The van der Waals surface area contributed by atoms with Crippen molar-refractivity contribution in [2.24, 2.45) is 5.92 Å². The highest BCUT2D eigenvalue weighted by atomic mass is 35.5. The Hall–Kier alpha value is -2.42. The van der Waals surface area contributed by atoms with Gasteiger partial charge in [0, 0.05) is 13.1 Å². The number of hydrogen-bond donors (Lipinski definition) is 1. The number of benzene rings is 2. The molecular weight excluding hydrogens is 428 g/mol. The Morgan fingerprint density at radius 2 is 1.87 bits per heavy atom. The van der Waals surface area contributed by atoms with Crippen molar-refractivity contribution < 1.29 is 22.7 Å². The summed E-state index contributed by atoms with van der Waals surface area (Å²) in [5.41, 5.74) is 1.50. The lowest BCUT2D eigenvalue weighted by Gasteiger charge is -2.31. The number of carbonyl (C=O) groups excluding carboxylic acids is 2. The van der Waals surface area contributed by atoms with Gasteiger partial charge in [0.1, 0.15) is 0 Å². The molecule has 0 bridgehead atoms. The molecule has 1 unspecified atom stereocenters. The zero-order chi connectivity index (χ0) is 21.9. The summed E-state index contributed by atoms with van der Waals surface area (Å²) in [5.74, 6) is -1.42. The molecule has 160 valence electrons. The number of nitrogens with one attached hydrogen (secondary N) is 1. The maximum Gasteiger partial charge on any atom is 0.337 e. The fourth-order valence-electron chi connectivity index (χ4n) is 3.33.